The minimum Gasteiger partial charge on any atom is -0.398 e. The second-order valence-corrected chi connectivity index (χ2v) is 8.80. The van der Waals surface area contributed by atoms with Gasteiger partial charge in [-0.05, 0) is 40.2 Å². The minimum absolute atomic E-state index is 0.705. The lowest BCUT2D eigenvalue weighted by Crippen LogP contribution is -2.19. The highest BCUT2D eigenvalue weighted by atomic mass is 79.9. The molecule has 0 unspecified atom stereocenters. The third kappa shape index (κ3) is 5.79. The summed E-state index contributed by atoms with van der Waals surface area (Å²) in [6, 6.07) is 27.2. The van der Waals surface area contributed by atoms with Gasteiger partial charge in [0, 0.05) is 36.0 Å². The summed E-state index contributed by atoms with van der Waals surface area (Å²) in [5.74, 6) is 0.879. The molecule has 36 heavy (non-hydrogen) atoms. The summed E-state index contributed by atoms with van der Waals surface area (Å²) in [5.41, 5.74) is 12.1. The fourth-order valence-electron chi connectivity index (χ4n) is 3.73. The van der Waals surface area contributed by atoms with Crippen molar-refractivity contribution in [1.29, 1.82) is 0 Å². The number of anilines is 2. The average Bonchev–Trinajstić information content (AvgIpc) is 3.30. The first kappa shape index (κ1) is 25.1. The summed E-state index contributed by atoms with van der Waals surface area (Å²) in [4.78, 5) is 15.5. The minimum atomic E-state index is 0.705. The van der Waals surface area contributed by atoms with E-state index in [-0.39, 0.29) is 0 Å². The number of nitrogens with two attached hydrogens (primary N) is 1. The van der Waals surface area contributed by atoms with E-state index in [1.165, 1.54) is 0 Å². The lowest BCUT2D eigenvalue weighted by atomic mass is 10.0. The molecular formula is C28H27BrN6O. The number of rotatable bonds is 7. The average molecular weight is 543 g/mol. The predicted molar refractivity (Wildman–Crippen MR) is 150 cm³/mol. The van der Waals surface area contributed by atoms with E-state index in [1.54, 1.807) is 10.7 Å². The molecule has 7 nitrogen and oxygen atoms in total. The van der Waals surface area contributed by atoms with Crippen LogP contribution in [-0.2, 0) is 0 Å². The summed E-state index contributed by atoms with van der Waals surface area (Å²) in [6.07, 6.45) is 2.63. The summed E-state index contributed by atoms with van der Waals surface area (Å²) >= 11 is 3.49. The van der Waals surface area contributed by atoms with E-state index in [2.05, 4.69) is 36.6 Å². The number of benzene rings is 3. The van der Waals surface area contributed by atoms with Gasteiger partial charge < -0.3 is 16.4 Å². The van der Waals surface area contributed by atoms with E-state index in [4.69, 9.17) is 5.73 Å². The maximum atomic E-state index is 10.8. The Balaban J connectivity index is 0.000000187. The Hall–Kier alpha value is -4.01. The van der Waals surface area contributed by atoms with Crippen LogP contribution in [0.4, 0.5) is 11.5 Å². The Morgan fingerprint density at radius 3 is 2.36 bits per heavy atom. The van der Waals surface area contributed by atoms with E-state index < -0.39 is 0 Å². The molecule has 0 fully saturated rings. The van der Waals surface area contributed by atoms with Gasteiger partial charge in [-0.1, -0.05) is 72.8 Å². The molecule has 5 rings (SSSR count). The van der Waals surface area contributed by atoms with Gasteiger partial charge in [0.05, 0.1) is 16.4 Å². The van der Waals surface area contributed by atoms with Crippen molar-refractivity contribution in [2.75, 3.05) is 31.2 Å². The SMILES string of the molecule is CNCCNc1cc(-c2ccccc2N)nc2c(Br)cnn12.O=Cc1ccccc1-c1ccccc1. The molecule has 0 saturated carbocycles. The molecule has 0 aliphatic heterocycles. The highest BCUT2D eigenvalue weighted by Gasteiger charge is 2.12. The largest absolute Gasteiger partial charge is 0.398 e. The molecule has 5 aromatic rings. The zero-order chi connectivity index (χ0) is 25.3. The zero-order valence-corrected chi connectivity index (χ0v) is 21.4. The number of likely N-dealkylation sites (N-methyl/N-ethyl adjacent to an activating group) is 1. The molecule has 0 spiro atoms. The Bertz CT molecular complexity index is 1450. The number of carbonyl (C=O) groups is 1. The van der Waals surface area contributed by atoms with E-state index in [1.807, 2.05) is 92.0 Å². The fourth-order valence-corrected chi connectivity index (χ4v) is 4.07. The molecule has 2 aromatic heterocycles. The topological polar surface area (TPSA) is 97.3 Å². The first-order valence-corrected chi connectivity index (χ1v) is 12.3. The van der Waals surface area contributed by atoms with Crippen molar-refractivity contribution in [2.24, 2.45) is 0 Å². The molecule has 0 aliphatic rings. The fraction of sp³-hybridized carbons (Fsp3) is 0.107. The molecule has 3 aromatic carbocycles. The first-order valence-electron chi connectivity index (χ1n) is 11.5. The molecule has 0 aliphatic carbocycles. The van der Waals surface area contributed by atoms with Gasteiger partial charge >= 0.3 is 0 Å². The molecule has 0 atom stereocenters. The van der Waals surface area contributed by atoms with Crippen molar-refractivity contribution in [1.82, 2.24) is 19.9 Å². The van der Waals surface area contributed by atoms with Crippen LogP contribution in [0, 0.1) is 0 Å². The molecule has 0 bridgehead atoms. The summed E-state index contributed by atoms with van der Waals surface area (Å²) in [6.45, 7) is 1.64. The van der Waals surface area contributed by atoms with E-state index in [0.29, 0.717) is 5.69 Å². The van der Waals surface area contributed by atoms with Crippen LogP contribution < -0.4 is 16.4 Å². The normalized spacial score (nSPS) is 10.5. The van der Waals surface area contributed by atoms with E-state index in [0.717, 1.165) is 63.3 Å². The summed E-state index contributed by atoms with van der Waals surface area (Å²) < 4.78 is 2.63. The van der Waals surface area contributed by atoms with Gasteiger partial charge in [-0.25, -0.2) is 4.98 Å². The zero-order valence-electron chi connectivity index (χ0n) is 19.9. The van der Waals surface area contributed by atoms with Crippen molar-refractivity contribution in [3.8, 4) is 22.4 Å². The number of halogens is 1. The first-order chi connectivity index (χ1) is 17.6. The molecule has 4 N–H and O–H groups in total. The molecule has 0 radical (unpaired) electrons. The van der Waals surface area contributed by atoms with Gasteiger partial charge in [-0.3, -0.25) is 4.79 Å². The smallest absolute Gasteiger partial charge is 0.172 e. The second kappa shape index (κ2) is 12.1. The number of nitrogen functional groups attached to an aromatic ring is 1. The lowest BCUT2D eigenvalue weighted by molar-refractivity contribution is 0.112. The number of aromatic nitrogens is 3. The maximum Gasteiger partial charge on any atom is 0.172 e. The Morgan fingerprint density at radius 1 is 0.944 bits per heavy atom. The standard InChI is InChI=1S/C15H17BrN6.C13H10O/c1-18-6-7-19-14-8-13(10-4-2-3-5-12(10)17)21-15-11(16)9-20-22(14)15;14-10-12-8-4-5-9-13(12)11-6-2-1-3-7-11/h2-5,8-9,18-19H,6-7,17H2,1H3;1-10H. The van der Waals surface area contributed by atoms with Gasteiger partial charge in [0.1, 0.15) is 5.82 Å². The number of fused-ring (bicyclic) bond motifs is 1. The number of hydrogen-bond donors (Lipinski definition) is 3. The Morgan fingerprint density at radius 2 is 1.64 bits per heavy atom. The third-order valence-corrected chi connectivity index (χ3v) is 6.08. The summed E-state index contributed by atoms with van der Waals surface area (Å²) in [7, 11) is 1.92. The Labute approximate surface area is 218 Å². The van der Waals surface area contributed by atoms with E-state index in [9.17, 15) is 4.79 Å². The number of hydrogen-bond acceptors (Lipinski definition) is 6. The third-order valence-electron chi connectivity index (χ3n) is 5.52. The number of nitrogens with one attached hydrogen (secondary N) is 2. The number of nitrogens with zero attached hydrogens (tertiary/aromatic N) is 3. The van der Waals surface area contributed by atoms with Crippen molar-refractivity contribution in [3.63, 3.8) is 0 Å². The van der Waals surface area contributed by atoms with Gasteiger partial charge in [0.2, 0.25) is 0 Å². The molecular weight excluding hydrogens is 516 g/mol. The highest BCUT2D eigenvalue weighted by molar-refractivity contribution is 9.10. The van der Waals surface area contributed by atoms with Crippen molar-refractivity contribution in [3.05, 3.63) is 101 Å². The van der Waals surface area contributed by atoms with Crippen molar-refractivity contribution >= 4 is 39.4 Å². The highest BCUT2D eigenvalue weighted by Crippen LogP contribution is 2.29. The molecule has 2 heterocycles. The predicted octanol–water partition coefficient (Wildman–Crippen LogP) is 5.54. The van der Waals surface area contributed by atoms with Gasteiger partial charge in [0.15, 0.2) is 11.9 Å². The maximum absolute atomic E-state index is 10.8. The second-order valence-electron chi connectivity index (χ2n) is 7.94. The van der Waals surface area contributed by atoms with Crippen LogP contribution in [0.15, 0.2) is 95.6 Å². The van der Waals surface area contributed by atoms with Crippen molar-refractivity contribution in [2.45, 2.75) is 0 Å². The van der Waals surface area contributed by atoms with Crippen LogP contribution in [0.2, 0.25) is 0 Å². The molecule has 0 saturated heterocycles. The van der Waals surface area contributed by atoms with Crippen LogP contribution in [-0.4, -0.2) is 41.0 Å². The van der Waals surface area contributed by atoms with Crippen LogP contribution >= 0.6 is 15.9 Å². The van der Waals surface area contributed by atoms with Crippen LogP contribution in [0.5, 0.6) is 0 Å². The molecule has 182 valence electrons. The van der Waals surface area contributed by atoms with Crippen LogP contribution in [0.1, 0.15) is 10.4 Å². The lowest BCUT2D eigenvalue weighted by Gasteiger charge is -2.11. The molecule has 0 amide bonds. The van der Waals surface area contributed by atoms with E-state index >= 15 is 0 Å². The van der Waals surface area contributed by atoms with Crippen LogP contribution in [0.3, 0.4) is 0 Å². The number of para-hydroxylation sites is 1. The number of carbonyl (C=O) groups excluding carboxylic acids is 1. The molecule has 8 heteroatoms. The van der Waals surface area contributed by atoms with Gasteiger partial charge in [0.25, 0.3) is 0 Å². The summed E-state index contributed by atoms with van der Waals surface area (Å²) in [5, 5.41) is 10.8. The van der Waals surface area contributed by atoms with Crippen LogP contribution in [0.25, 0.3) is 28.0 Å². The monoisotopic (exact) mass is 542 g/mol. The Kier molecular flexibility index (Phi) is 8.44. The number of aldehydes is 1. The van der Waals surface area contributed by atoms with Gasteiger partial charge in [-0.2, -0.15) is 9.61 Å². The van der Waals surface area contributed by atoms with Gasteiger partial charge in [-0.15, -0.1) is 0 Å². The van der Waals surface area contributed by atoms with Crippen molar-refractivity contribution < 1.29 is 4.79 Å². The quantitative estimate of drug-likeness (QED) is 0.142.